The molecule has 1 aliphatic rings. The smallest absolute Gasteiger partial charge is 0.273 e. The van der Waals surface area contributed by atoms with E-state index in [2.05, 4.69) is 10.0 Å². The van der Waals surface area contributed by atoms with Crippen molar-refractivity contribution in [1.29, 1.82) is 0 Å². The third-order valence-corrected chi connectivity index (χ3v) is 5.34. The highest BCUT2D eigenvalue weighted by Crippen LogP contribution is 2.28. The standard InChI is InChI=1S/C15H26N2O3S/c1-2-16-12-14-9-10-15(20-14)21(18,19)17-11-5-8-13-6-3-4-7-13/h9-10,13,16-17H,2-8,11-12H2,1H3. The molecule has 5 nitrogen and oxygen atoms in total. The first-order valence-electron chi connectivity index (χ1n) is 7.91. The van der Waals surface area contributed by atoms with E-state index in [0.29, 0.717) is 18.8 Å². The van der Waals surface area contributed by atoms with Crippen LogP contribution in [0.25, 0.3) is 0 Å². The van der Waals surface area contributed by atoms with Crippen molar-refractivity contribution in [1.82, 2.24) is 10.0 Å². The maximum atomic E-state index is 12.1. The fraction of sp³-hybridized carbons (Fsp3) is 0.733. The fourth-order valence-electron chi connectivity index (χ4n) is 2.81. The summed E-state index contributed by atoms with van der Waals surface area (Å²) in [7, 11) is -3.50. The Bertz CT molecular complexity index is 519. The van der Waals surface area contributed by atoms with Gasteiger partial charge in [0.15, 0.2) is 0 Å². The highest BCUT2D eigenvalue weighted by molar-refractivity contribution is 7.89. The molecule has 0 aromatic carbocycles. The second kappa shape index (κ2) is 7.96. The Morgan fingerprint density at radius 1 is 1.29 bits per heavy atom. The Kier molecular flexibility index (Phi) is 6.26. The van der Waals surface area contributed by atoms with E-state index in [1.165, 1.54) is 31.7 Å². The molecule has 1 fully saturated rings. The van der Waals surface area contributed by atoms with E-state index >= 15 is 0 Å². The predicted molar refractivity (Wildman–Crippen MR) is 82.5 cm³/mol. The van der Waals surface area contributed by atoms with Gasteiger partial charge in [-0.1, -0.05) is 32.6 Å². The fourth-order valence-corrected chi connectivity index (χ4v) is 3.83. The van der Waals surface area contributed by atoms with E-state index < -0.39 is 10.0 Å². The average molecular weight is 314 g/mol. The van der Waals surface area contributed by atoms with Gasteiger partial charge in [-0.05, 0) is 37.4 Å². The van der Waals surface area contributed by atoms with Gasteiger partial charge in [-0.2, -0.15) is 0 Å². The van der Waals surface area contributed by atoms with Gasteiger partial charge in [-0.15, -0.1) is 0 Å². The number of furan rings is 1. The van der Waals surface area contributed by atoms with Crippen LogP contribution in [0.5, 0.6) is 0 Å². The van der Waals surface area contributed by atoms with Crippen LogP contribution in [-0.2, 0) is 16.6 Å². The minimum Gasteiger partial charge on any atom is -0.447 e. The van der Waals surface area contributed by atoms with Crippen LogP contribution in [0.3, 0.4) is 0 Å². The van der Waals surface area contributed by atoms with E-state index in [4.69, 9.17) is 4.42 Å². The second-order valence-corrected chi connectivity index (χ2v) is 7.39. The van der Waals surface area contributed by atoms with Gasteiger partial charge >= 0.3 is 0 Å². The van der Waals surface area contributed by atoms with Crippen molar-refractivity contribution in [3.63, 3.8) is 0 Å². The monoisotopic (exact) mass is 314 g/mol. The Morgan fingerprint density at radius 3 is 2.76 bits per heavy atom. The SMILES string of the molecule is CCNCc1ccc(S(=O)(=O)NCCCC2CCCC2)o1. The second-order valence-electron chi connectivity index (χ2n) is 5.69. The minimum atomic E-state index is -3.50. The molecule has 1 saturated carbocycles. The molecule has 2 N–H and O–H groups in total. The zero-order valence-corrected chi connectivity index (χ0v) is 13.5. The number of sulfonamides is 1. The summed E-state index contributed by atoms with van der Waals surface area (Å²) < 4.78 is 32.2. The quantitative estimate of drug-likeness (QED) is 0.687. The molecular formula is C15H26N2O3S. The molecule has 0 bridgehead atoms. The van der Waals surface area contributed by atoms with Crippen molar-refractivity contribution in [2.45, 2.75) is 57.1 Å². The molecule has 1 heterocycles. The van der Waals surface area contributed by atoms with Gasteiger partial charge < -0.3 is 9.73 Å². The molecule has 6 heteroatoms. The highest BCUT2D eigenvalue weighted by atomic mass is 32.2. The molecule has 0 unspecified atom stereocenters. The minimum absolute atomic E-state index is 0.0104. The summed E-state index contributed by atoms with van der Waals surface area (Å²) in [5, 5.41) is 3.11. The van der Waals surface area contributed by atoms with Crippen LogP contribution < -0.4 is 10.0 Å². The number of hydrogen-bond donors (Lipinski definition) is 2. The van der Waals surface area contributed by atoms with E-state index in [-0.39, 0.29) is 5.09 Å². The molecule has 1 aliphatic carbocycles. The first-order valence-corrected chi connectivity index (χ1v) is 9.39. The van der Waals surface area contributed by atoms with Crippen LogP contribution in [0.15, 0.2) is 21.6 Å². The van der Waals surface area contributed by atoms with Gasteiger partial charge in [0.25, 0.3) is 10.0 Å². The summed E-state index contributed by atoms with van der Waals surface area (Å²) in [6.07, 6.45) is 7.29. The molecule has 21 heavy (non-hydrogen) atoms. The van der Waals surface area contributed by atoms with Crippen LogP contribution in [0.2, 0.25) is 0 Å². The lowest BCUT2D eigenvalue weighted by Gasteiger charge is -2.08. The Balaban J connectivity index is 1.76. The molecule has 2 rings (SSSR count). The molecule has 0 atom stereocenters. The summed E-state index contributed by atoms with van der Waals surface area (Å²) in [6.45, 7) is 3.85. The normalized spacial score (nSPS) is 16.6. The molecule has 120 valence electrons. The van der Waals surface area contributed by atoms with Gasteiger partial charge in [0.1, 0.15) is 5.76 Å². The summed E-state index contributed by atoms with van der Waals surface area (Å²) >= 11 is 0. The van der Waals surface area contributed by atoms with Crippen LogP contribution in [0, 0.1) is 5.92 Å². The topological polar surface area (TPSA) is 71.3 Å². The lowest BCUT2D eigenvalue weighted by atomic mass is 10.0. The third-order valence-electron chi connectivity index (χ3n) is 4.01. The predicted octanol–water partition coefficient (Wildman–Crippen LogP) is 2.64. The van der Waals surface area contributed by atoms with Crippen molar-refractivity contribution in [3.8, 4) is 0 Å². The lowest BCUT2D eigenvalue weighted by molar-refractivity contribution is 0.400. The maximum absolute atomic E-state index is 12.1. The lowest BCUT2D eigenvalue weighted by Crippen LogP contribution is -2.24. The van der Waals surface area contributed by atoms with Gasteiger partial charge in [-0.3, -0.25) is 0 Å². The van der Waals surface area contributed by atoms with E-state index in [0.717, 1.165) is 25.3 Å². The zero-order chi connectivity index (χ0) is 15.1. The number of nitrogens with one attached hydrogen (secondary N) is 2. The summed E-state index contributed by atoms with van der Waals surface area (Å²) in [6, 6.07) is 3.22. The Morgan fingerprint density at radius 2 is 2.05 bits per heavy atom. The Hall–Kier alpha value is -0.850. The molecule has 1 aromatic rings. The Labute approximate surface area is 127 Å². The molecule has 0 radical (unpaired) electrons. The molecule has 0 spiro atoms. The largest absolute Gasteiger partial charge is 0.447 e. The van der Waals surface area contributed by atoms with Crippen LogP contribution in [0.1, 0.15) is 51.2 Å². The summed E-state index contributed by atoms with van der Waals surface area (Å²) in [5.41, 5.74) is 0. The van der Waals surface area contributed by atoms with E-state index in [1.54, 1.807) is 6.07 Å². The van der Waals surface area contributed by atoms with Crippen molar-refractivity contribution >= 4 is 10.0 Å². The highest BCUT2D eigenvalue weighted by Gasteiger charge is 2.19. The van der Waals surface area contributed by atoms with E-state index in [1.807, 2.05) is 6.92 Å². The molecular weight excluding hydrogens is 288 g/mol. The van der Waals surface area contributed by atoms with Crippen molar-refractivity contribution in [2.24, 2.45) is 5.92 Å². The molecule has 0 saturated heterocycles. The van der Waals surface area contributed by atoms with Crippen LogP contribution in [0.4, 0.5) is 0 Å². The number of hydrogen-bond acceptors (Lipinski definition) is 4. The van der Waals surface area contributed by atoms with Gasteiger partial charge in [0.05, 0.1) is 6.54 Å². The van der Waals surface area contributed by atoms with Crippen molar-refractivity contribution in [2.75, 3.05) is 13.1 Å². The van der Waals surface area contributed by atoms with Gasteiger partial charge in [0, 0.05) is 6.54 Å². The average Bonchev–Trinajstić information content (AvgIpc) is 3.13. The first-order chi connectivity index (χ1) is 10.1. The van der Waals surface area contributed by atoms with Crippen LogP contribution >= 0.6 is 0 Å². The van der Waals surface area contributed by atoms with Crippen LogP contribution in [-0.4, -0.2) is 21.5 Å². The number of rotatable bonds is 9. The third kappa shape index (κ3) is 5.13. The first kappa shape index (κ1) is 16.5. The summed E-state index contributed by atoms with van der Waals surface area (Å²) in [4.78, 5) is 0. The summed E-state index contributed by atoms with van der Waals surface area (Å²) in [5.74, 6) is 1.44. The van der Waals surface area contributed by atoms with Gasteiger partial charge in [-0.25, -0.2) is 13.1 Å². The van der Waals surface area contributed by atoms with Gasteiger partial charge in [0.2, 0.25) is 5.09 Å². The molecule has 0 amide bonds. The maximum Gasteiger partial charge on any atom is 0.273 e. The van der Waals surface area contributed by atoms with Crippen molar-refractivity contribution < 1.29 is 12.8 Å². The van der Waals surface area contributed by atoms with E-state index in [9.17, 15) is 8.42 Å². The zero-order valence-electron chi connectivity index (χ0n) is 12.7. The molecule has 0 aliphatic heterocycles. The molecule has 1 aromatic heterocycles. The van der Waals surface area contributed by atoms with Crippen molar-refractivity contribution in [3.05, 3.63) is 17.9 Å².